The van der Waals surface area contributed by atoms with Crippen LogP contribution in [0.1, 0.15) is 23.6 Å². The zero-order chi connectivity index (χ0) is 13.2. The molecule has 1 atom stereocenters. The normalized spacial score (nSPS) is 17.5. The van der Waals surface area contributed by atoms with E-state index in [-0.39, 0.29) is 0 Å². The van der Waals surface area contributed by atoms with E-state index in [2.05, 4.69) is 51.6 Å². The molecule has 2 nitrogen and oxygen atoms in total. The first kappa shape index (κ1) is 12.5. The van der Waals surface area contributed by atoms with E-state index in [4.69, 9.17) is 4.74 Å². The molecule has 1 unspecified atom stereocenters. The van der Waals surface area contributed by atoms with Gasteiger partial charge in [0.15, 0.2) is 0 Å². The lowest BCUT2D eigenvalue weighted by Gasteiger charge is -2.28. The van der Waals surface area contributed by atoms with Gasteiger partial charge in [-0.05, 0) is 48.2 Å². The number of rotatable bonds is 2. The standard InChI is InChI=1S/C16H16BrNO/c1-19-12-5-2-4-11(10-12)15-9-8-13-14(17)6-3-7-16(13)18-15/h2-7,10,15,18H,8-9H2,1H3. The van der Waals surface area contributed by atoms with Gasteiger partial charge in [0.2, 0.25) is 0 Å². The number of ether oxygens (including phenoxy) is 1. The van der Waals surface area contributed by atoms with Gasteiger partial charge in [-0.3, -0.25) is 0 Å². The van der Waals surface area contributed by atoms with Crippen LogP contribution < -0.4 is 10.1 Å². The number of hydrogen-bond acceptors (Lipinski definition) is 2. The fourth-order valence-electron chi connectivity index (χ4n) is 2.60. The summed E-state index contributed by atoms with van der Waals surface area (Å²) in [6.07, 6.45) is 2.19. The third-order valence-corrected chi connectivity index (χ3v) is 4.37. The number of fused-ring (bicyclic) bond motifs is 1. The van der Waals surface area contributed by atoms with Crippen LogP contribution in [0.4, 0.5) is 5.69 Å². The second kappa shape index (κ2) is 5.25. The van der Waals surface area contributed by atoms with Crippen molar-refractivity contribution in [2.75, 3.05) is 12.4 Å². The molecule has 3 rings (SSSR count). The van der Waals surface area contributed by atoms with E-state index in [0.29, 0.717) is 6.04 Å². The third-order valence-electron chi connectivity index (χ3n) is 3.63. The molecule has 2 aromatic carbocycles. The molecule has 1 aliphatic rings. The van der Waals surface area contributed by atoms with Gasteiger partial charge in [0.25, 0.3) is 0 Å². The van der Waals surface area contributed by atoms with Gasteiger partial charge in [0, 0.05) is 10.2 Å². The molecule has 19 heavy (non-hydrogen) atoms. The summed E-state index contributed by atoms with van der Waals surface area (Å²) in [5.74, 6) is 0.916. The van der Waals surface area contributed by atoms with Crippen LogP contribution in [0.15, 0.2) is 46.9 Å². The molecule has 0 saturated heterocycles. The SMILES string of the molecule is COc1cccc(C2CCc3c(Br)cccc3N2)c1. The molecule has 0 saturated carbocycles. The molecule has 0 aliphatic carbocycles. The number of halogens is 1. The molecule has 1 aliphatic heterocycles. The molecule has 0 fully saturated rings. The third kappa shape index (κ3) is 2.47. The average Bonchev–Trinajstić information content (AvgIpc) is 2.47. The van der Waals surface area contributed by atoms with Crippen LogP contribution in [0.5, 0.6) is 5.75 Å². The fourth-order valence-corrected chi connectivity index (χ4v) is 3.17. The highest BCUT2D eigenvalue weighted by atomic mass is 79.9. The van der Waals surface area contributed by atoms with Crippen molar-refractivity contribution in [3.8, 4) is 5.75 Å². The molecule has 0 spiro atoms. The van der Waals surface area contributed by atoms with Gasteiger partial charge in [0.05, 0.1) is 13.2 Å². The minimum absolute atomic E-state index is 0.358. The van der Waals surface area contributed by atoms with Crippen LogP contribution in [0.25, 0.3) is 0 Å². The smallest absolute Gasteiger partial charge is 0.119 e. The van der Waals surface area contributed by atoms with Crippen molar-refractivity contribution in [1.82, 2.24) is 0 Å². The minimum Gasteiger partial charge on any atom is -0.497 e. The molecule has 0 radical (unpaired) electrons. The molecule has 0 bridgehead atoms. The Morgan fingerprint density at radius 3 is 2.89 bits per heavy atom. The second-order valence-corrected chi connectivity index (χ2v) is 5.63. The van der Waals surface area contributed by atoms with Crippen LogP contribution >= 0.6 is 15.9 Å². The summed E-state index contributed by atoms with van der Waals surface area (Å²) in [6.45, 7) is 0. The van der Waals surface area contributed by atoms with Crippen molar-refractivity contribution < 1.29 is 4.74 Å². The van der Waals surface area contributed by atoms with Crippen LogP contribution in [0.2, 0.25) is 0 Å². The summed E-state index contributed by atoms with van der Waals surface area (Å²) in [6, 6.07) is 15.0. The molecule has 1 N–H and O–H groups in total. The van der Waals surface area contributed by atoms with Gasteiger partial charge in [-0.1, -0.05) is 34.1 Å². The summed E-state index contributed by atoms with van der Waals surface area (Å²) in [7, 11) is 1.71. The van der Waals surface area contributed by atoms with Crippen molar-refractivity contribution in [2.45, 2.75) is 18.9 Å². The summed E-state index contributed by atoms with van der Waals surface area (Å²) in [4.78, 5) is 0. The lowest BCUT2D eigenvalue weighted by atomic mass is 9.93. The minimum atomic E-state index is 0.358. The topological polar surface area (TPSA) is 21.3 Å². The van der Waals surface area contributed by atoms with E-state index in [0.717, 1.165) is 18.6 Å². The molecule has 2 aromatic rings. The van der Waals surface area contributed by atoms with Gasteiger partial charge in [0.1, 0.15) is 5.75 Å². The van der Waals surface area contributed by atoms with E-state index >= 15 is 0 Å². The second-order valence-electron chi connectivity index (χ2n) is 4.78. The highest BCUT2D eigenvalue weighted by molar-refractivity contribution is 9.10. The maximum absolute atomic E-state index is 5.30. The molecule has 0 aromatic heterocycles. The largest absolute Gasteiger partial charge is 0.497 e. The Hall–Kier alpha value is -1.48. The van der Waals surface area contributed by atoms with Crippen molar-refractivity contribution in [2.24, 2.45) is 0 Å². The highest BCUT2D eigenvalue weighted by Gasteiger charge is 2.20. The first-order chi connectivity index (χ1) is 9.28. The lowest BCUT2D eigenvalue weighted by molar-refractivity contribution is 0.414. The maximum Gasteiger partial charge on any atom is 0.119 e. The number of benzene rings is 2. The van der Waals surface area contributed by atoms with E-state index in [1.807, 2.05) is 12.1 Å². The van der Waals surface area contributed by atoms with Crippen LogP contribution in [-0.4, -0.2) is 7.11 Å². The quantitative estimate of drug-likeness (QED) is 0.876. The Labute approximate surface area is 121 Å². The number of nitrogens with one attached hydrogen (secondary N) is 1. The summed E-state index contributed by atoms with van der Waals surface area (Å²) in [5, 5.41) is 3.62. The Morgan fingerprint density at radius 1 is 1.21 bits per heavy atom. The molecule has 98 valence electrons. The first-order valence-corrected chi connectivity index (χ1v) is 7.25. The Balaban J connectivity index is 1.89. The number of hydrogen-bond donors (Lipinski definition) is 1. The zero-order valence-electron chi connectivity index (χ0n) is 10.8. The molecule has 0 amide bonds. The Bertz CT molecular complexity index is 597. The van der Waals surface area contributed by atoms with Gasteiger partial charge >= 0.3 is 0 Å². The predicted molar refractivity (Wildman–Crippen MR) is 81.8 cm³/mol. The predicted octanol–water partition coefficient (Wildman–Crippen LogP) is 4.56. The van der Waals surface area contributed by atoms with Crippen LogP contribution in [0.3, 0.4) is 0 Å². The van der Waals surface area contributed by atoms with Crippen molar-refractivity contribution >= 4 is 21.6 Å². The molecule has 3 heteroatoms. The van der Waals surface area contributed by atoms with Crippen LogP contribution in [0, 0.1) is 0 Å². The van der Waals surface area contributed by atoms with Gasteiger partial charge in [-0.25, -0.2) is 0 Å². The Kier molecular flexibility index (Phi) is 3.47. The van der Waals surface area contributed by atoms with E-state index < -0.39 is 0 Å². The first-order valence-electron chi connectivity index (χ1n) is 6.46. The summed E-state index contributed by atoms with van der Waals surface area (Å²) < 4.78 is 6.49. The average molecular weight is 318 g/mol. The highest BCUT2D eigenvalue weighted by Crippen LogP contribution is 2.36. The van der Waals surface area contributed by atoms with E-state index in [9.17, 15) is 0 Å². The zero-order valence-corrected chi connectivity index (χ0v) is 12.4. The van der Waals surface area contributed by atoms with E-state index in [1.165, 1.54) is 21.3 Å². The van der Waals surface area contributed by atoms with Crippen molar-refractivity contribution in [1.29, 1.82) is 0 Å². The molecule has 1 heterocycles. The summed E-state index contributed by atoms with van der Waals surface area (Å²) in [5.41, 5.74) is 3.89. The monoisotopic (exact) mass is 317 g/mol. The molecular weight excluding hydrogens is 302 g/mol. The summed E-state index contributed by atoms with van der Waals surface area (Å²) >= 11 is 3.62. The van der Waals surface area contributed by atoms with Gasteiger partial charge in [-0.15, -0.1) is 0 Å². The lowest BCUT2D eigenvalue weighted by Crippen LogP contribution is -2.18. The van der Waals surface area contributed by atoms with Crippen molar-refractivity contribution in [3.63, 3.8) is 0 Å². The number of anilines is 1. The number of methoxy groups -OCH3 is 1. The van der Waals surface area contributed by atoms with E-state index in [1.54, 1.807) is 7.11 Å². The van der Waals surface area contributed by atoms with Gasteiger partial charge < -0.3 is 10.1 Å². The fraction of sp³-hybridized carbons (Fsp3) is 0.250. The van der Waals surface area contributed by atoms with Gasteiger partial charge in [-0.2, -0.15) is 0 Å². The maximum atomic E-state index is 5.30. The van der Waals surface area contributed by atoms with Crippen LogP contribution in [-0.2, 0) is 6.42 Å². The molecular formula is C16H16BrNO. The van der Waals surface area contributed by atoms with Crippen molar-refractivity contribution in [3.05, 3.63) is 58.1 Å². The Morgan fingerprint density at radius 2 is 2.05 bits per heavy atom.